The molecule has 1 aromatic carbocycles. The minimum Gasteiger partial charge on any atom is -0.399 e. The highest BCUT2D eigenvalue weighted by Gasteiger charge is 2.01. The van der Waals surface area contributed by atoms with Crippen molar-refractivity contribution in [1.82, 2.24) is 4.90 Å². The van der Waals surface area contributed by atoms with Gasteiger partial charge in [-0.3, -0.25) is 0 Å². The summed E-state index contributed by atoms with van der Waals surface area (Å²) >= 11 is 0. The first-order chi connectivity index (χ1) is 7.74. The van der Waals surface area contributed by atoms with Gasteiger partial charge in [-0.05, 0) is 38.1 Å². The van der Waals surface area contributed by atoms with Crippen LogP contribution in [0.2, 0.25) is 0 Å². The van der Waals surface area contributed by atoms with E-state index in [9.17, 15) is 0 Å². The van der Waals surface area contributed by atoms with Crippen LogP contribution in [0.5, 0.6) is 0 Å². The van der Waals surface area contributed by atoms with Gasteiger partial charge in [0.2, 0.25) is 0 Å². The van der Waals surface area contributed by atoms with Crippen LogP contribution in [0.3, 0.4) is 0 Å². The highest BCUT2D eigenvalue weighted by molar-refractivity contribution is 5.46. The van der Waals surface area contributed by atoms with E-state index in [0.717, 1.165) is 18.7 Å². The van der Waals surface area contributed by atoms with Crippen molar-refractivity contribution >= 4 is 5.69 Å². The van der Waals surface area contributed by atoms with Gasteiger partial charge in [0.05, 0.1) is 0 Å². The van der Waals surface area contributed by atoms with Crippen LogP contribution < -0.4 is 5.73 Å². The Hall–Kier alpha value is -1.02. The summed E-state index contributed by atoms with van der Waals surface area (Å²) in [5, 5.41) is 0. The van der Waals surface area contributed by atoms with Gasteiger partial charge in [-0.2, -0.15) is 0 Å². The number of hydrogen-bond acceptors (Lipinski definition) is 2. The number of rotatable bonds is 7. The lowest BCUT2D eigenvalue weighted by Crippen LogP contribution is -2.22. The third kappa shape index (κ3) is 4.67. The van der Waals surface area contributed by atoms with Crippen molar-refractivity contribution in [3.8, 4) is 0 Å². The first kappa shape index (κ1) is 13.0. The molecular weight excluding hydrogens is 196 g/mol. The van der Waals surface area contributed by atoms with Gasteiger partial charge in [-0.1, -0.05) is 38.0 Å². The molecule has 0 aliphatic rings. The van der Waals surface area contributed by atoms with E-state index in [-0.39, 0.29) is 0 Å². The first-order valence-electron chi connectivity index (χ1n) is 6.26. The Balaban J connectivity index is 2.26. The third-order valence-corrected chi connectivity index (χ3v) is 2.96. The standard InChI is InChI=1S/C14H24N2/c1-3-4-7-11-16(2)12-10-13-8-5-6-9-14(13)15/h5-6,8-9H,3-4,7,10-12,15H2,1-2H3. The lowest BCUT2D eigenvalue weighted by Gasteiger charge is -2.16. The second kappa shape index (κ2) is 7.29. The monoisotopic (exact) mass is 220 g/mol. The van der Waals surface area contributed by atoms with Crippen LogP contribution in [-0.4, -0.2) is 25.0 Å². The van der Waals surface area contributed by atoms with Gasteiger partial charge in [-0.25, -0.2) is 0 Å². The average molecular weight is 220 g/mol. The number of unbranched alkanes of at least 4 members (excludes halogenated alkanes) is 2. The van der Waals surface area contributed by atoms with Crippen molar-refractivity contribution in [2.24, 2.45) is 0 Å². The molecule has 0 unspecified atom stereocenters. The Morgan fingerprint density at radius 2 is 1.88 bits per heavy atom. The van der Waals surface area contributed by atoms with Gasteiger partial charge in [-0.15, -0.1) is 0 Å². The molecule has 0 aliphatic heterocycles. The maximum Gasteiger partial charge on any atom is 0.0347 e. The molecule has 0 aromatic heterocycles. The molecule has 1 aromatic rings. The number of likely N-dealkylation sites (N-methyl/N-ethyl adjacent to an activating group) is 1. The molecule has 0 aliphatic carbocycles. The van der Waals surface area contributed by atoms with E-state index in [1.54, 1.807) is 0 Å². The van der Waals surface area contributed by atoms with Crippen LogP contribution in [0.15, 0.2) is 24.3 Å². The maximum atomic E-state index is 5.91. The zero-order valence-corrected chi connectivity index (χ0v) is 10.6. The molecule has 0 spiro atoms. The van der Waals surface area contributed by atoms with Crippen molar-refractivity contribution in [3.05, 3.63) is 29.8 Å². The molecule has 2 nitrogen and oxygen atoms in total. The zero-order chi connectivity index (χ0) is 11.8. The van der Waals surface area contributed by atoms with Crippen LogP contribution in [0.4, 0.5) is 5.69 Å². The zero-order valence-electron chi connectivity index (χ0n) is 10.6. The van der Waals surface area contributed by atoms with Gasteiger partial charge < -0.3 is 10.6 Å². The Bertz CT molecular complexity index is 297. The molecule has 16 heavy (non-hydrogen) atoms. The number of anilines is 1. The minimum atomic E-state index is 0.921. The van der Waals surface area contributed by atoms with E-state index in [1.807, 2.05) is 12.1 Å². The fourth-order valence-corrected chi connectivity index (χ4v) is 1.82. The van der Waals surface area contributed by atoms with Gasteiger partial charge >= 0.3 is 0 Å². The van der Waals surface area contributed by atoms with Gasteiger partial charge in [0, 0.05) is 12.2 Å². The first-order valence-corrected chi connectivity index (χ1v) is 6.26. The largest absolute Gasteiger partial charge is 0.399 e. The van der Waals surface area contributed by atoms with Crippen LogP contribution in [-0.2, 0) is 6.42 Å². The molecule has 0 saturated heterocycles. The van der Waals surface area contributed by atoms with E-state index >= 15 is 0 Å². The Kier molecular flexibility index (Phi) is 5.94. The summed E-state index contributed by atoms with van der Waals surface area (Å²) in [5.74, 6) is 0. The second-order valence-electron chi connectivity index (χ2n) is 4.46. The summed E-state index contributed by atoms with van der Waals surface area (Å²) in [7, 11) is 2.19. The summed E-state index contributed by atoms with van der Waals surface area (Å²) in [5.41, 5.74) is 8.10. The van der Waals surface area contributed by atoms with Gasteiger partial charge in [0.25, 0.3) is 0 Å². The van der Waals surface area contributed by atoms with E-state index in [2.05, 4.69) is 31.0 Å². The number of nitrogens with two attached hydrogens (primary N) is 1. The second-order valence-corrected chi connectivity index (χ2v) is 4.46. The Morgan fingerprint density at radius 1 is 1.12 bits per heavy atom. The van der Waals surface area contributed by atoms with Crippen LogP contribution in [0.1, 0.15) is 31.7 Å². The van der Waals surface area contributed by atoms with Crippen molar-refractivity contribution in [1.29, 1.82) is 0 Å². The summed E-state index contributed by atoms with van der Waals surface area (Å²) in [4.78, 5) is 2.39. The smallest absolute Gasteiger partial charge is 0.0347 e. The molecule has 0 fully saturated rings. The summed E-state index contributed by atoms with van der Waals surface area (Å²) in [6, 6.07) is 8.15. The Morgan fingerprint density at radius 3 is 2.56 bits per heavy atom. The summed E-state index contributed by atoms with van der Waals surface area (Å²) < 4.78 is 0. The molecule has 0 atom stereocenters. The van der Waals surface area contributed by atoms with E-state index < -0.39 is 0 Å². The summed E-state index contributed by atoms with van der Waals surface area (Å²) in [6.45, 7) is 4.53. The molecular formula is C14H24N2. The van der Waals surface area contributed by atoms with Crippen LogP contribution >= 0.6 is 0 Å². The van der Waals surface area contributed by atoms with E-state index in [1.165, 1.54) is 31.4 Å². The highest BCUT2D eigenvalue weighted by Crippen LogP contribution is 2.11. The number of para-hydroxylation sites is 1. The normalized spacial score (nSPS) is 10.9. The van der Waals surface area contributed by atoms with Crippen molar-refractivity contribution < 1.29 is 0 Å². The van der Waals surface area contributed by atoms with Gasteiger partial charge in [0.1, 0.15) is 0 Å². The lowest BCUT2D eigenvalue weighted by molar-refractivity contribution is 0.329. The predicted octanol–water partition coefficient (Wildman–Crippen LogP) is 2.93. The topological polar surface area (TPSA) is 29.3 Å². The van der Waals surface area contributed by atoms with Crippen molar-refractivity contribution in [2.45, 2.75) is 32.6 Å². The van der Waals surface area contributed by atoms with Crippen LogP contribution in [0, 0.1) is 0 Å². The molecule has 0 saturated carbocycles. The molecule has 0 radical (unpaired) electrons. The van der Waals surface area contributed by atoms with E-state index in [4.69, 9.17) is 5.73 Å². The molecule has 2 N–H and O–H groups in total. The molecule has 0 amide bonds. The average Bonchev–Trinajstić information content (AvgIpc) is 2.28. The fourth-order valence-electron chi connectivity index (χ4n) is 1.82. The maximum absolute atomic E-state index is 5.91. The third-order valence-electron chi connectivity index (χ3n) is 2.96. The van der Waals surface area contributed by atoms with Crippen molar-refractivity contribution in [3.63, 3.8) is 0 Å². The lowest BCUT2D eigenvalue weighted by atomic mass is 10.1. The quantitative estimate of drug-likeness (QED) is 0.565. The fraction of sp³-hybridized carbons (Fsp3) is 0.571. The summed E-state index contributed by atoms with van der Waals surface area (Å²) in [6.07, 6.45) is 4.98. The Labute approximate surface area is 99.5 Å². The minimum absolute atomic E-state index is 0.921. The predicted molar refractivity (Wildman–Crippen MR) is 71.6 cm³/mol. The van der Waals surface area contributed by atoms with Crippen molar-refractivity contribution in [2.75, 3.05) is 25.9 Å². The van der Waals surface area contributed by atoms with E-state index in [0.29, 0.717) is 0 Å². The molecule has 1 rings (SSSR count). The number of hydrogen-bond donors (Lipinski definition) is 1. The molecule has 2 heteroatoms. The number of nitrogen functional groups attached to an aromatic ring is 1. The number of benzene rings is 1. The molecule has 0 heterocycles. The van der Waals surface area contributed by atoms with Crippen LogP contribution in [0.25, 0.3) is 0 Å². The molecule has 90 valence electrons. The highest BCUT2D eigenvalue weighted by atomic mass is 15.1. The number of nitrogens with zero attached hydrogens (tertiary/aromatic N) is 1. The van der Waals surface area contributed by atoms with Gasteiger partial charge in [0.15, 0.2) is 0 Å². The SMILES string of the molecule is CCCCCN(C)CCc1ccccc1N. The molecule has 0 bridgehead atoms.